The molecule has 8 heteroatoms. The smallest absolute Gasteiger partial charge is 0.256 e. The third-order valence-corrected chi connectivity index (χ3v) is 10.1. The summed E-state index contributed by atoms with van der Waals surface area (Å²) in [6.45, 7) is 3.41. The monoisotopic (exact) mass is 579 g/mol. The number of thiocarbonyl (C=S) groups is 1. The number of nitrogens with one attached hydrogen (secondary N) is 1. The van der Waals surface area contributed by atoms with Gasteiger partial charge in [0.15, 0.2) is 5.11 Å². The van der Waals surface area contributed by atoms with Gasteiger partial charge in [-0.05, 0) is 135 Å². The Morgan fingerprint density at radius 2 is 1.65 bits per heavy atom. The average molecular weight is 580 g/mol. The Balaban J connectivity index is 1.18. The van der Waals surface area contributed by atoms with Gasteiger partial charge in [0.1, 0.15) is 11.8 Å². The minimum absolute atomic E-state index is 0.0397. The van der Waals surface area contributed by atoms with Crippen LogP contribution >= 0.6 is 23.8 Å². The van der Waals surface area contributed by atoms with Crippen molar-refractivity contribution in [1.82, 2.24) is 4.90 Å². The maximum atomic E-state index is 13.8. The SMILES string of the molecule is CCCOc1ccc(NC(=O)C[C@@H]2C(=O)N(c3ccc(Cl)cc3)C(=S)N2CCC23CC4CC(CC(C4)C2)C3)cc1. The molecule has 6 nitrogen and oxygen atoms in total. The van der Waals surface area contributed by atoms with E-state index in [1.54, 1.807) is 17.0 Å². The van der Waals surface area contributed by atoms with Gasteiger partial charge in [-0.25, -0.2) is 0 Å². The predicted molar refractivity (Wildman–Crippen MR) is 163 cm³/mol. The Bertz CT molecular complexity index is 1230. The molecule has 1 saturated heterocycles. The summed E-state index contributed by atoms with van der Waals surface area (Å²) in [7, 11) is 0. The van der Waals surface area contributed by atoms with Crippen LogP contribution in [0.4, 0.5) is 11.4 Å². The van der Waals surface area contributed by atoms with Crippen LogP contribution in [0.25, 0.3) is 0 Å². The molecule has 2 aromatic rings. The lowest BCUT2D eigenvalue weighted by Crippen LogP contribution is -2.48. The van der Waals surface area contributed by atoms with Crippen LogP contribution < -0.4 is 15.0 Å². The highest BCUT2D eigenvalue weighted by atomic mass is 35.5. The van der Waals surface area contributed by atoms with E-state index in [0.717, 1.165) is 36.3 Å². The lowest BCUT2D eigenvalue weighted by molar-refractivity contribution is -0.124. The number of amides is 2. The molecule has 7 rings (SSSR count). The number of nitrogens with zero attached hydrogens (tertiary/aromatic N) is 2. The van der Waals surface area contributed by atoms with Gasteiger partial charge in [0, 0.05) is 17.3 Å². The molecule has 1 heterocycles. The van der Waals surface area contributed by atoms with Crippen molar-refractivity contribution in [3.63, 3.8) is 0 Å². The van der Waals surface area contributed by atoms with E-state index in [4.69, 9.17) is 28.6 Å². The summed E-state index contributed by atoms with van der Waals surface area (Å²) in [5.41, 5.74) is 1.72. The van der Waals surface area contributed by atoms with Gasteiger partial charge in [-0.3, -0.25) is 14.5 Å². The molecule has 0 aromatic heterocycles. The van der Waals surface area contributed by atoms with E-state index >= 15 is 0 Å². The highest BCUT2D eigenvalue weighted by molar-refractivity contribution is 7.80. The first-order valence-electron chi connectivity index (χ1n) is 14.8. The number of carbonyl (C=O) groups excluding carboxylic acids is 2. The Morgan fingerprint density at radius 3 is 2.25 bits per heavy atom. The zero-order chi connectivity index (χ0) is 27.9. The minimum Gasteiger partial charge on any atom is -0.494 e. The van der Waals surface area contributed by atoms with Crippen molar-refractivity contribution >= 4 is 52.1 Å². The van der Waals surface area contributed by atoms with Gasteiger partial charge >= 0.3 is 0 Å². The summed E-state index contributed by atoms with van der Waals surface area (Å²) in [6.07, 6.45) is 10.1. The van der Waals surface area contributed by atoms with Crippen LogP contribution in [0, 0.1) is 23.2 Å². The Hall–Kier alpha value is -2.64. The molecular formula is C32H38ClN3O3S. The Morgan fingerprint density at radius 1 is 1.02 bits per heavy atom. The molecule has 5 fully saturated rings. The number of ether oxygens (including phenoxy) is 1. The summed E-state index contributed by atoms with van der Waals surface area (Å²) in [6, 6.07) is 13.9. The van der Waals surface area contributed by atoms with Crippen LogP contribution in [0.5, 0.6) is 5.75 Å². The normalized spacial score (nSPS) is 28.9. The van der Waals surface area contributed by atoms with Crippen molar-refractivity contribution in [3.8, 4) is 5.75 Å². The topological polar surface area (TPSA) is 61.9 Å². The molecule has 4 bridgehead atoms. The molecule has 4 aliphatic carbocycles. The summed E-state index contributed by atoms with van der Waals surface area (Å²) in [5.74, 6) is 3.00. The molecule has 0 radical (unpaired) electrons. The summed E-state index contributed by atoms with van der Waals surface area (Å²) < 4.78 is 5.65. The first kappa shape index (κ1) is 27.5. The molecule has 212 valence electrons. The number of hydrogen-bond acceptors (Lipinski definition) is 4. The molecule has 1 N–H and O–H groups in total. The van der Waals surface area contributed by atoms with E-state index < -0.39 is 6.04 Å². The van der Waals surface area contributed by atoms with Gasteiger partial charge in [-0.15, -0.1) is 0 Å². The van der Waals surface area contributed by atoms with Crippen molar-refractivity contribution in [3.05, 3.63) is 53.6 Å². The van der Waals surface area contributed by atoms with E-state index in [2.05, 4.69) is 12.2 Å². The summed E-state index contributed by atoms with van der Waals surface area (Å²) >= 11 is 12.0. The number of carbonyl (C=O) groups is 2. The van der Waals surface area contributed by atoms with Crippen LogP contribution in [0.1, 0.15) is 64.7 Å². The van der Waals surface area contributed by atoms with Crippen molar-refractivity contribution in [2.45, 2.75) is 70.8 Å². The molecular weight excluding hydrogens is 542 g/mol. The highest BCUT2D eigenvalue weighted by Gasteiger charge is 2.52. The van der Waals surface area contributed by atoms with Crippen molar-refractivity contribution in [2.24, 2.45) is 23.2 Å². The van der Waals surface area contributed by atoms with Crippen molar-refractivity contribution < 1.29 is 14.3 Å². The minimum atomic E-state index is -0.635. The van der Waals surface area contributed by atoms with Crippen molar-refractivity contribution in [2.75, 3.05) is 23.4 Å². The second-order valence-corrected chi connectivity index (χ2v) is 13.2. The number of anilines is 2. The standard InChI is InChI=1S/C32H38ClN3O3S/c1-2-13-39-27-9-5-25(6-10-27)34-29(37)17-28-30(38)36(26-7-3-24(33)4-8-26)31(40)35(28)12-11-32-18-21-14-22(19-32)16-23(15-21)20-32/h3-10,21-23,28H,2,11-20H2,1H3,(H,34,37)/t21?,22?,23?,28-,32?/m1/s1. The van der Waals surface area contributed by atoms with Crippen LogP contribution in [-0.2, 0) is 9.59 Å². The maximum Gasteiger partial charge on any atom is 0.256 e. The maximum absolute atomic E-state index is 13.8. The predicted octanol–water partition coefficient (Wildman–Crippen LogP) is 7.07. The van der Waals surface area contributed by atoms with Gasteiger partial charge in [0.2, 0.25) is 5.91 Å². The number of halogens is 1. The third-order valence-electron chi connectivity index (χ3n) is 9.44. The first-order chi connectivity index (χ1) is 19.3. The summed E-state index contributed by atoms with van der Waals surface area (Å²) in [5, 5.41) is 4.05. The second-order valence-electron chi connectivity index (χ2n) is 12.4. The number of rotatable bonds is 10. The van der Waals surface area contributed by atoms with Crippen LogP contribution in [0.3, 0.4) is 0 Å². The fourth-order valence-electron chi connectivity index (χ4n) is 8.11. The first-order valence-corrected chi connectivity index (χ1v) is 15.5. The van der Waals surface area contributed by atoms with Gasteiger partial charge in [-0.1, -0.05) is 18.5 Å². The fraction of sp³-hybridized carbons (Fsp3) is 0.531. The zero-order valence-corrected chi connectivity index (χ0v) is 24.7. The van der Waals surface area contributed by atoms with Gasteiger partial charge < -0.3 is 15.0 Å². The van der Waals surface area contributed by atoms with E-state index in [1.165, 1.54) is 38.5 Å². The lowest BCUT2D eigenvalue weighted by Gasteiger charge is -2.57. The molecule has 40 heavy (non-hydrogen) atoms. The van der Waals surface area contributed by atoms with Gasteiger partial charge in [0.05, 0.1) is 18.7 Å². The number of benzene rings is 2. The van der Waals surface area contributed by atoms with Crippen LogP contribution in [-0.4, -0.2) is 41.0 Å². The quantitative estimate of drug-likeness (QED) is 0.305. The Kier molecular flexibility index (Phi) is 7.79. The van der Waals surface area contributed by atoms with Gasteiger partial charge in [-0.2, -0.15) is 0 Å². The number of hydrogen-bond donors (Lipinski definition) is 1. The van der Waals surface area contributed by atoms with Gasteiger partial charge in [0.25, 0.3) is 5.91 Å². The zero-order valence-electron chi connectivity index (χ0n) is 23.1. The van der Waals surface area contributed by atoms with E-state index in [9.17, 15) is 9.59 Å². The molecule has 0 spiro atoms. The molecule has 1 aliphatic heterocycles. The average Bonchev–Trinajstić information content (AvgIpc) is 3.15. The Labute approximate surface area is 247 Å². The summed E-state index contributed by atoms with van der Waals surface area (Å²) in [4.78, 5) is 30.7. The van der Waals surface area contributed by atoms with Crippen LogP contribution in [0.2, 0.25) is 5.02 Å². The molecule has 2 amide bonds. The largest absolute Gasteiger partial charge is 0.494 e. The molecule has 4 saturated carbocycles. The highest BCUT2D eigenvalue weighted by Crippen LogP contribution is 2.61. The lowest BCUT2D eigenvalue weighted by atomic mass is 9.49. The molecule has 0 unspecified atom stereocenters. The van der Waals surface area contributed by atoms with Crippen molar-refractivity contribution in [1.29, 1.82) is 0 Å². The van der Waals surface area contributed by atoms with E-state index in [1.807, 2.05) is 41.3 Å². The van der Waals surface area contributed by atoms with E-state index in [-0.39, 0.29) is 18.2 Å². The molecule has 5 aliphatic rings. The third kappa shape index (κ3) is 5.60. The van der Waals surface area contributed by atoms with Crippen LogP contribution in [0.15, 0.2) is 48.5 Å². The molecule has 2 aromatic carbocycles. The van der Waals surface area contributed by atoms with E-state index in [0.29, 0.717) is 40.1 Å². The molecule has 1 atom stereocenters. The second kappa shape index (κ2) is 11.3. The fourth-order valence-corrected chi connectivity index (χ4v) is 8.65.